The van der Waals surface area contributed by atoms with Gasteiger partial charge in [-0.05, 0) is 30.0 Å². The van der Waals surface area contributed by atoms with Crippen molar-refractivity contribution >= 4 is 5.82 Å². The van der Waals surface area contributed by atoms with E-state index in [1.165, 1.54) is 16.7 Å². The molecule has 0 aliphatic rings. The van der Waals surface area contributed by atoms with Gasteiger partial charge in [0.2, 0.25) is 0 Å². The second-order valence-corrected chi connectivity index (χ2v) is 4.07. The van der Waals surface area contributed by atoms with Crippen molar-refractivity contribution in [2.75, 3.05) is 5.73 Å². The first-order valence-electron chi connectivity index (χ1n) is 5.51. The molecule has 0 unspecified atom stereocenters. The number of aromatic nitrogens is 2. The van der Waals surface area contributed by atoms with Crippen LogP contribution in [-0.4, -0.2) is 9.78 Å². The van der Waals surface area contributed by atoms with Crippen LogP contribution in [0.25, 0.3) is 11.1 Å². The van der Waals surface area contributed by atoms with Gasteiger partial charge in [-0.2, -0.15) is 5.10 Å². The van der Waals surface area contributed by atoms with Gasteiger partial charge in [-0.1, -0.05) is 25.1 Å². The third-order valence-electron chi connectivity index (χ3n) is 2.99. The molecule has 0 bridgehead atoms. The fourth-order valence-electron chi connectivity index (χ4n) is 1.83. The summed E-state index contributed by atoms with van der Waals surface area (Å²) in [5, 5.41) is 4.18. The highest BCUT2D eigenvalue weighted by Crippen LogP contribution is 2.29. The maximum atomic E-state index is 6.00. The number of aryl methyl sites for hydroxylation is 3. The molecule has 3 nitrogen and oxygen atoms in total. The molecular weight excluding hydrogens is 198 g/mol. The molecule has 1 aromatic heterocycles. The quantitative estimate of drug-likeness (QED) is 0.836. The van der Waals surface area contributed by atoms with Crippen molar-refractivity contribution in [1.29, 1.82) is 0 Å². The molecule has 1 heterocycles. The van der Waals surface area contributed by atoms with Crippen LogP contribution in [0.1, 0.15) is 18.1 Å². The van der Waals surface area contributed by atoms with Crippen LogP contribution in [0.3, 0.4) is 0 Å². The minimum absolute atomic E-state index is 0.719. The zero-order chi connectivity index (χ0) is 11.7. The summed E-state index contributed by atoms with van der Waals surface area (Å²) in [6.07, 6.45) is 2.87. The fourth-order valence-corrected chi connectivity index (χ4v) is 1.83. The van der Waals surface area contributed by atoms with Crippen molar-refractivity contribution in [2.45, 2.75) is 20.3 Å². The van der Waals surface area contributed by atoms with Crippen LogP contribution in [-0.2, 0) is 13.5 Å². The normalized spacial score (nSPS) is 10.7. The Morgan fingerprint density at radius 2 is 2.06 bits per heavy atom. The van der Waals surface area contributed by atoms with Crippen molar-refractivity contribution in [3.8, 4) is 11.1 Å². The third-order valence-corrected chi connectivity index (χ3v) is 2.99. The molecule has 0 amide bonds. The van der Waals surface area contributed by atoms with Gasteiger partial charge in [0.1, 0.15) is 5.82 Å². The zero-order valence-corrected chi connectivity index (χ0v) is 9.99. The highest BCUT2D eigenvalue weighted by Gasteiger charge is 2.10. The van der Waals surface area contributed by atoms with Crippen LogP contribution in [0.2, 0.25) is 0 Å². The summed E-state index contributed by atoms with van der Waals surface area (Å²) in [5.74, 6) is 0.719. The maximum Gasteiger partial charge on any atom is 0.129 e. The topological polar surface area (TPSA) is 43.8 Å². The number of hydrogen-bond acceptors (Lipinski definition) is 2. The first kappa shape index (κ1) is 10.7. The van der Waals surface area contributed by atoms with E-state index in [1.54, 1.807) is 4.68 Å². The number of hydrogen-bond donors (Lipinski definition) is 1. The Balaban J connectivity index is 2.59. The zero-order valence-electron chi connectivity index (χ0n) is 9.99. The molecule has 0 aliphatic heterocycles. The van der Waals surface area contributed by atoms with E-state index < -0.39 is 0 Å². The van der Waals surface area contributed by atoms with E-state index in [0.29, 0.717) is 0 Å². The lowest BCUT2D eigenvalue weighted by molar-refractivity contribution is 0.779. The van der Waals surface area contributed by atoms with Crippen LogP contribution in [0.5, 0.6) is 0 Å². The minimum atomic E-state index is 0.719. The highest BCUT2D eigenvalue weighted by molar-refractivity contribution is 5.76. The molecule has 2 N–H and O–H groups in total. The molecule has 0 aliphatic carbocycles. The summed E-state index contributed by atoms with van der Waals surface area (Å²) in [7, 11) is 1.86. The lowest BCUT2D eigenvalue weighted by atomic mass is 9.99. The third kappa shape index (κ3) is 1.69. The summed E-state index contributed by atoms with van der Waals surface area (Å²) in [4.78, 5) is 0. The van der Waals surface area contributed by atoms with E-state index in [-0.39, 0.29) is 0 Å². The molecule has 2 aromatic rings. The van der Waals surface area contributed by atoms with E-state index in [1.807, 2.05) is 13.2 Å². The van der Waals surface area contributed by atoms with E-state index in [4.69, 9.17) is 5.73 Å². The second kappa shape index (κ2) is 4.00. The molecule has 84 valence electrons. The van der Waals surface area contributed by atoms with Gasteiger partial charge in [-0.15, -0.1) is 0 Å². The average Bonchev–Trinajstić information content (AvgIpc) is 2.61. The van der Waals surface area contributed by atoms with E-state index >= 15 is 0 Å². The Hall–Kier alpha value is -1.77. The summed E-state index contributed by atoms with van der Waals surface area (Å²) < 4.78 is 1.70. The van der Waals surface area contributed by atoms with Gasteiger partial charge in [0.05, 0.1) is 6.20 Å². The SMILES string of the molecule is CCc1ccc(C)c(-c2cnn(C)c2N)c1. The van der Waals surface area contributed by atoms with Gasteiger partial charge in [0, 0.05) is 12.6 Å². The number of nitrogens with zero attached hydrogens (tertiary/aromatic N) is 2. The van der Waals surface area contributed by atoms with Gasteiger partial charge in [0.25, 0.3) is 0 Å². The van der Waals surface area contributed by atoms with Crippen molar-refractivity contribution in [3.05, 3.63) is 35.5 Å². The molecule has 0 fully saturated rings. The van der Waals surface area contributed by atoms with Crippen molar-refractivity contribution < 1.29 is 0 Å². The molecular formula is C13H17N3. The summed E-state index contributed by atoms with van der Waals surface area (Å²) >= 11 is 0. The molecule has 16 heavy (non-hydrogen) atoms. The van der Waals surface area contributed by atoms with Crippen molar-refractivity contribution in [1.82, 2.24) is 9.78 Å². The largest absolute Gasteiger partial charge is 0.383 e. The first-order chi connectivity index (χ1) is 7.63. The first-order valence-corrected chi connectivity index (χ1v) is 5.51. The minimum Gasteiger partial charge on any atom is -0.383 e. The summed E-state index contributed by atoms with van der Waals surface area (Å²) in [6.45, 7) is 4.25. The molecule has 3 heteroatoms. The van der Waals surface area contributed by atoms with Gasteiger partial charge < -0.3 is 5.73 Å². The van der Waals surface area contributed by atoms with Crippen LogP contribution in [0.4, 0.5) is 5.82 Å². The molecule has 0 radical (unpaired) electrons. The van der Waals surface area contributed by atoms with Gasteiger partial charge >= 0.3 is 0 Å². The van der Waals surface area contributed by atoms with Crippen LogP contribution in [0, 0.1) is 6.92 Å². The highest BCUT2D eigenvalue weighted by atomic mass is 15.3. The lowest BCUT2D eigenvalue weighted by Gasteiger charge is -2.07. The number of nitrogens with two attached hydrogens (primary N) is 1. The number of benzene rings is 1. The average molecular weight is 215 g/mol. The summed E-state index contributed by atoms with van der Waals surface area (Å²) in [6, 6.07) is 6.49. The predicted molar refractivity (Wildman–Crippen MR) is 67.2 cm³/mol. The Morgan fingerprint density at radius 1 is 1.31 bits per heavy atom. The van der Waals surface area contributed by atoms with Gasteiger partial charge in [-0.25, -0.2) is 0 Å². The molecule has 2 rings (SSSR count). The second-order valence-electron chi connectivity index (χ2n) is 4.07. The van der Waals surface area contributed by atoms with E-state index in [9.17, 15) is 0 Å². The molecule has 0 saturated carbocycles. The fraction of sp³-hybridized carbons (Fsp3) is 0.308. The van der Waals surface area contributed by atoms with Crippen LogP contribution in [0.15, 0.2) is 24.4 Å². The van der Waals surface area contributed by atoms with Crippen LogP contribution >= 0.6 is 0 Å². The maximum absolute atomic E-state index is 6.00. The van der Waals surface area contributed by atoms with Gasteiger partial charge in [-0.3, -0.25) is 4.68 Å². The molecule has 0 atom stereocenters. The number of anilines is 1. The Morgan fingerprint density at radius 3 is 2.62 bits per heavy atom. The lowest BCUT2D eigenvalue weighted by Crippen LogP contribution is -1.98. The predicted octanol–water partition coefficient (Wildman–Crippen LogP) is 2.54. The van der Waals surface area contributed by atoms with Crippen LogP contribution < -0.4 is 5.73 Å². The standard InChI is InChI=1S/C13H17N3/c1-4-10-6-5-9(2)11(7-10)12-8-15-16(3)13(12)14/h5-8H,4,14H2,1-3H3. The number of nitrogen functional groups attached to an aromatic ring is 1. The summed E-state index contributed by atoms with van der Waals surface area (Å²) in [5.41, 5.74) is 10.8. The van der Waals surface area contributed by atoms with Gasteiger partial charge in [0.15, 0.2) is 0 Å². The van der Waals surface area contributed by atoms with Crippen molar-refractivity contribution in [3.63, 3.8) is 0 Å². The monoisotopic (exact) mass is 215 g/mol. The van der Waals surface area contributed by atoms with E-state index in [0.717, 1.165) is 17.8 Å². The Labute approximate surface area is 95.9 Å². The van der Waals surface area contributed by atoms with Crippen molar-refractivity contribution in [2.24, 2.45) is 7.05 Å². The molecule has 0 spiro atoms. The Bertz CT molecular complexity index is 512. The van der Waals surface area contributed by atoms with E-state index in [2.05, 4.69) is 37.1 Å². The molecule has 1 aromatic carbocycles. The molecule has 0 saturated heterocycles. The number of rotatable bonds is 2. The smallest absolute Gasteiger partial charge is 0.129 e. The Kier molecular flexibility index (Phi) is 2.69.